The minimum absolute atomic E-state index is 0.0158. The average molecular weight is 491 g/mol. The molecule has 1 amide bonds. The van der Waals surface area contributed by atoms with Gasteiger partial charge < -0.3 is 14.7 Å². The summed E-state index contributed by atoms with van der Waals surface area (Å²) >= 11 is 0. The lowest BCUT2D eigenvalue weighted by molar-refractivity contribution is -0.143. The molecule has 2 unspecified atom stereocenters. The van der Waals surface area contributed by atoms with Crippen molar-refractivity contribution in [1.29, 1.82) is 0 Å². The molecule has 4 nitrogen and oxygen atoms in total. The first-order chi connectivity index (χ1) is 15.8. The lowest BCUT2D eigenvalue weighted by atomic mass is 9.88. The third kappa shape index (κ3) is 4.63. The van der Waals surface area contributed by atoms with Gasteiger partial charge >= 0.3 is 12.4 Å². The summed E-state index contributed by atoms with van der Waals surface area (Å²) < 4.78 is 98.9. The van der Waals surface area contributed by atoms with E-state index >= 15 is 0 Å². The molecule has 0 aromatic heterocycles. The van der Waals surface area contributed by atoms with E-state index in [1.54, 1.807) is 0 Å². The quantitative estimate of drug-likeness (QED) is 0.608. The molecule has 0 bridgehead atoms. The maximum Gasteiger partial charge on any atom is 0.416 e. The van der Waals surface area contributed by atoms with Gasteiger partial charge in [-0.3, -0.25) is 4.79 Å². The Balaban J connectivity index is 1.67. The summed E-state index contributed by atoms with van der Waals surface area (Å²) in [7, 11) is 0. The molecular formula is C23H20F7NO3. The van der Waals surface area contributed by atoms with Crippen LogP contribution in [0.4, 0.5) is 30.7 Å². The molecule has 2 aromatic rings. The first kappa shape index (κ1) is 24.5. The van der Waals surface area contributed by atoms with Crippen molar-refractivity contribution < 1.29 is 45.4 Å². The number of fused-ring (bicyclic) bond motifs is 1. The van der Waals surface area contributed by atoms with Gasteiger partial charge in [0.25, 0.3) is 5.91 Å². The van der Waals surface area contributed by atoms with Crippen LogP contribution in [0, 0.1) is 5.82 Å². The van der Waals surface area contributed by atoms with E-state index in [0.29, 0.717) is 17.7 Å². The van der Waals surface area contributed by atoms with Crippen molar-refractivity contribution in [2.45, 2.75) is 56.0 Å². The van der Waals surface area contributed by atoms with Gasteiger partial charge in [-0.15, -0.1) is 0 Å². The number of carbonyl (C=O) groups is 1. The van der Waals surface area contributed by atoms with E-state index in [9.17, 15) is 40.6 Å². The van der Waals surface area contributed by atoms with Crippen molar-refractivity contribution in [2.75, 3.05) is 6.54 Å². The summed E-state index contributed by atoms with van der Waals surface area (Å²) in [5.74, 6) is -1.60. The number of amides is 1. The zero-order chi connectivity index (χ0) is 25.0. The third-order valence-corrected chi connectivity index (χ3v) is 6.34. The van der Waals surface area contributed by atoms with Crippen LogP contribution in [0.25, 0.3) is 0 Å². The molecule has 2 saturated heterocycles. The highest BCUT2D eigenvalue weighted by molar-refractivity contribution is 5.84. The van der Waals surface area contributed by atoms with Gasteiger partial charge in [0.2, 0.25) is 0 Å². The lowest BCUT2D eigenvalue weighted by Gasteiger charge is -2.27. The highest BCUT2D eigenvalue weighted by Gasteiger charge is 2.52. The van der Waals surface area contributed by atoms with E-state index in [1.165, 1.54) is 36.1 Å². The molecule has 2 aliphatic rings. The normalized spacial score (nSPS) is 26.1. The van der Waals surface area contributed by atoms with Gasteiger partial charge in [0, 0.05) is 24.9 Å². The minimum atomic E-state index is -5.00. The van der Waals surface area contributed by atoms with Gasteiger partial charge in [-0.25, -0.2) is 4.39 Å². The molecule has 0 aliphatic carbocycles. The van der Waals surface area contributed by atoms with Crippen molar-refractivity contribution in [3.05, 3.63) is 70.5 Å². The molecule has 5 atom stereocenters. The van der Waals surface area contributed by atoms with Crippen molar-refractivity contribution in [2.24, 2.45) is 0 Å². The largest absolute Gasteiger partial charge is 0.416 e. The monoisotopic (exact) mass is 491 g/mol. The fraction of sp³-hybridized carbons (Fsp3) is 0.435. The van der Waals surface area contributed by atoms with Crippen molar-refractivity contribution in [3.8, 4) is 0 Å². The summed E-state index contributed by atoms with van der Waals surface area (Å²) in [5, 5.41) is 9.97. The average Bonchev–Trinajstić information content (AvgIpc) is 3.22. The Kier molecular flexibility index (Phi) is 6.14. The fourth-order valence-corrected chi connectivity index (χ4v) is 4.74. The first-order valence-electron chi connectivity index (χ1n) is 10.4. The molecule has 4 rings (SSSR count). The Morgan fingerprint density at radius 3 is 2.09 bits per heavy atom. The van der Waals surface area contributed by atoms with E-state index in [1.807, 2.05) is 0 Å². The van der Waals surface area contributed by atoms with Crippen LogP contribution in [0.15, 0.2) is 42.5 Å². The van der Waals surface area contributed by atoms with Crippen LogP contribution < -0.4 is 0 Å². The molecule has 0 saturated carbocycles. The summed E-state index contributed by atoms with van der Waals surface area (Å²) in [6, 6.07) is 6.12. The second-order valence-corrected chi connectivity index (χ2v) is 8.54. The number of carbonyl (C=O) groups excluding carboxylic acids is 1. The van der Waals surface area contributed by atoms with Crippen molar-refractivity contribution in [3.63, 3.8) is 0 Å². The number of ether oxygens (including phenoxy) is 1. The molecule has 184 valence electrons. The Bertz CT molecular complexity index is 1040. The fourth-order valence-electron chi connectivity index (χ4n) is 4.74. The number of hydrogen-bond acceptors (Lipinski definition) is 3. The number of alkyl halides is 6. The van der Waals surface area contributed by atoms with Gasteiger partial charge in [-0.2, -0.15) is 26.3 Å². The Morgan fingerprint density at radius 2 is 1.56 bits per heavy atom. The topological polar surface area (TPSA) is 49.8 Å². The second-order valence-electron chi connectivity index (χ2n) is 8.54. The summed E-state index contributed by atoms with van der Waals surface area (Å²) in [5.41, 5.74) is -2.65. The van der Waals surface area contributed by atoms with Crippen molar-refractivity contribution >= 4 is 5.91 Å². The molecule has 0 radical (unpaired) electrons. The van der Waals surface area contributed by atoms with Crippen LogP contribution in [0.2, 0.25) is 0 Å². The molecule has 0 spiro atoms. The van der Waals surface area contributed by atoms with Crippen molar-refractivity contribution in [1.82, 2.24) is 4.90 Å². The number of hydrogen-bond donors (Lipinski definition) is 1. The number of halogens is 7. The number of nitrogens with zero attached hydrogens (tertiary/aromatic N) is 1. The van der Waals surface area contributed by atoms with Gasteiger partial charge in [0.1, 0.15) is 11.9 Å². The van der Waals surface area contributed by atoms with E-state index in [-0.39, 0.29) is 24.6 Å². The van der Waals surface area contributed by atoms with Gasteiger partial charge in [-0.05, 0) is 48.4 Å². The number of rotatable bonds is 4. The highest BCUT2D eigenvalue weighted by Crippen LogP contribution is 2.44. The Morgan fingerprint density at radius 1 is 1.00 bits per heavy atom. The molecule has 2 fully saturated rings. The summed E-state index contributed by atoms with van der Waals surface area (Å²) in [6.45, 7) is 1.31. The summed E-state index contributed by atoms with van der Waals surface area (Å²) in [4.78, 5) is 13.7. The van der Waals surface area contributed by atoms with E-state index in [2.05, 4.69) is 0 Å². The molecule has 34 heavy (non-hydrogen) atoms. The smallest absolute Gasteiger partial charge is 0.383 e. The lowest BCUT2D eigenvalue weighted by Crippen LogP contribution is -2.32. The van der Waals surface area contributed by atoms with E-state index in [0.717, 1.165) is 0 Å². The first-order valence-corrected chi connectivity index (χ1v) is 10.4. The molecule has 11 heteroatoms. The Labute approximate surface area is 189 Å². The molecule has 2 heterocycles. The van der Waals surface area contributed by atoms with Gasteiger partial charge in [0.15, 0.2) is 0 Å². The van der Waals surface area contributed by atoms with Crippen LogP contribution in [0.1, 0.15) is 47.6 Å². The SMILES string of the molecule is C[C@@H](O[C@H]1CN2C(=O)C(O)C[C@H]2C1c1ccc(F)cc1)c1cc(C(F)(F)F)cc(C(F)(F)F)c1. The molecule has 2 aliphatic heterocycles. The van der Waals surface area contributed by atoms with Crippen LogP contribution >= 0.6 is 0 Å². The van der Waals surface area contributed by atoms with E-state index in [4.69, 9.17) is 4.74 Å². The predicted octanol–water partition coefficient (Wildman–Crippen LogP) is 5.07. The maximum atomic E-state index is 13.4. The Hall–Kier alpha value is -2.66. The van der Waals surface area contributed by atoms with Gasteiger partial charge in [0.05, 0.1) is 23.3 Å². The molecule has 2 aromatic carbocycles. The summed E-state index contributed by atoms with van der Waals surface area (Å²) in [6.07, 6.45) is -13.1. The maximum absolute atomic E-state index is 13.4. The van der Waals surface area contributed by atoms with Crippen LogP contribution in [0.3, 0.4) is 0 Å². The predicted molar refractivity (Wildman–Crippen MR) is 105 cm³/mol. The highest BCUT2D eigenvalue weighted by atomic mass is 19.4. The third-order valence-electron chi connectivity index (χ3n) is 6.34. The number of aliphatic hydroxyl groups is 1. The van der Waals surface area contributed by atoms with Crippen LogP contribution in [0.5, 0.6) is 0 Å². The molecular weight excluding hydrogens is 471 g/mol. The van der Waals surface area contributed by atoms with Crippen LogP contribution in [-0.4, -0.2) is 40.7 Å². The zero-order valence-corrected chi connectivity index (χ0v) is 17.7. The minimum Gasteiger partial charge on any atom is -0.383 e. The number of aliphatic hydroxyl groups excluding tert-OH is 1. The second kappa shape index (κ2) is 8.53. The number of benzene rings is 2. The van der Waals surface area contributed by atoms with Crippen LogP contribution in [-0.2, 0) is 21.9 Å². The van der Waals surface area contributed by atoms with E-state index < -0.39 is 65.5 Å². The van der Waals surface area contributed by atoms with Gasteiger partial charge in [-0.1, -0.05) is 12.1 Å². The zero-order valence-electron chi connectivity index (χ0n) is 17.7. The molecule has 1 N–H and O–H groups in total. The standard InChI is InChI=1S/C23H20F7NO3/c1-11(13-6-14(22(25,26)27)8-15(7-13)23(28,29)30)34-19-10-31-17(9-18(32)21(31)33)20(19)12-2-4-16(24)5-3-12/h2-8,11,17-20,32H,9-10H2,1H3/t11-,17+,18?,19+,20?/m1/s1.